The molecule has 1 aromatic carbocycles. The van der Waals surface area contributed by atoms with Crippen molar-refractivity contribution in [3.8, 4) is 0 Å². The maximum Gasteiger partial charge on any atom is 0.416 e. The molecule has 1 heterocycles. The first kappa shape index (κ1) is 20.7. The van der Waals surface area contributed by atoms with Crippen molar-refractivity contribution in [2.75, 3.05) is 0 Å². The molecule has 4 rings (SSSR count). The fourth-order valence-electron chi connectivity index (χ4n) is 5.28. The molecule has 30 heavy (non-hydrogen) atoms. The summed E-state index contributed by atoms with van der Waals surface area (Å²) in [5, 5.41) is 2.93. The van der Waals surface area contributed by atoms with Crippen LogP contribution in [-0.2, 0) is 15.7 Å². The van der Waals surface area contributed by atoms with Gasteiger partial charge in [0.05, 0.1) is 11.6 Å². The predicted molar refractivity (Wildman–Crippen MR) is 104 cm³/mol. The van der Waals surface area contributed by atoms with E-state index in [-0.39, 0.29) is 40.9 Å². The average molecular weight is 419 g/mol. The van der Waals surface area contributed by atoms with E-state index in [1.165, 1.54) is 12.1 Å². The molecule has 1 N–H and O–H groups in total. The first-order valence-corrected chi connectivity index (χ1v) is 10.1. The van der Waals surface area contributed by atoms with Crippen molar-refractivity contribution in [2.45, 2.75) is 50.9 Å². The van der Waals surface area contributed by atoms with E-state index in [0.717, 1.165) is 30.5 Å². The summed E-state index contributed by atoms with van der Waals surface area (Å²) in [5.41, 5.74) is 0.720. The number of hydrogen-bond donors (Lipinski definition) is 1. The van der Waals surface area contributed by atoms with Crippen molar-refractivity contribution in [2.24, 2.45) is 17.3 Å². The van der Waals surface area contributed by atoms with Crippen molar-refractivity contribution < 1.29 is 27.5 Å². The van der Waals surface area contributed by atoms with Gasteiger partial charge in [-0.2, -0.15) is 13.2 Å². The largest absolute Gasteiger partial charge is 0.458 e. The molecule has 0 unspecified atom stereocenters. The van der Waals surface area contributed by atoms with E-state index >= 15 is 0 Å². The highest BCUT2D eigenvalue weighted by Crippen LogP contribution is 2.56. The zero-order valence-corrected chi connectivity index (χ0v) is 16.7. The summed E-state index contributed by atoms with van der Waals surface area (Å²) in [6.07, 6.45) is -1.61. The number of fused-ring (bicyclic) bond motifs is 2. The lowest BCUT2D eigenvalue weighted by Crippen LogP contribution is -2.50. The number of hydrogen-bond acceptors (Lipinski definition) is 3. The molecule has 1 aromatic rings. The number of carbonyl (C=O) groups excluding carboxylic acids is 2. The molecule has 0 spiro atoms. The SMILES string of the molecule is C=C1C(=O)O[C@@H]2C[C@@]3(C)CC[C@@H](NC(=O)c4ccc(C(F)(F)F)cc4)C(=C)[C@@H]3C[C@H]12. The Morgan fingerprint density at radius 2 is 1.90 bits per heavy atom. The Labute approximate surface area is 173 Å². The second kappa shape index (κ2) is 7.00. The van der Waals surface area contributed by atoms with E-state index in [2.05, 4.69) is 25.4 Å². The lowest BCUT2D eigenvalue weighted by molar-refractivity contribution is -0.142. The topological polar surface area (TPSA) is 55.4 Å². The molecule has 5 atom stereocenters. The van der Waals surface area contributed by atoms with Crippen LogP contribution in [0.3, 0.4) is 0 Å². The van der Waals surface area contributed by atoms with Gasteiger partial charge < -0.3 is 10.1 Å². The Morgan fingerprint density at radius 1 is 1.23 bits per heavy atom. The molecule has 0 bridgehead atoms. The van der Waals surface area contributed by atoms with Crippen LogP contribution in [-0.4, -0.2) is 24.0 Å². The predicted octanol–water partition coefficient (Wildman–Crippen LogP) is 4.67. The summed E-state index contributed by atoms with van der Waals surface area (Å²) in [7, 11) is 0. The van der Waals surface area contributed by atoms with E-state index in [1.807, 2.05) is 0 Å². The van der Waals surface area contributed by atoms with Crippen LogP contribution < -0.4 is 5.32 Å². The molecule has 3 fully saturated rings. The Hall–Kier alpha value is -2.57. The van der Waals surface area contributed by atoms with Crippen LogP contribution >= 0.6 is 0 Å². The minimum atomic E-state index is -4.44. The van der Waals surface area contributed by atoms with Crippen molar-refractivity contribution in [1.82, 2.24) is 5.32 Å². The van der Waals surface area contributed by atoms with E-state index in [9.17, 15) is 22.8 Å². The Balaban J connectivity index is 1.47. The zero-order valence-electron chi connectivity index (χ0n) is 16.7. The van der Waals surface area contributed by atoms with Gasteiger partial charge in [-0.25, -0.2) is 4.79 Å². The quantitative estimate of drug-likeness (QED) is 0.431. The summed E-state index contributed by atoms with van der Waals surface area (Å²) in [6.45, 7) is 10.3. The summed E-state index contributed by atoms with van der Waals surface area (Å²) in [6, 6.07) is 3.92. The van der Waals surface area contributed by atoms with Gasteiger partial charge >= 0.3 is 12.1 Å². The van der Waals surface area contributed by atoms with Gasteiger partial charge in [0.15, 0.2) is 0 Å². The third kappa shape index (κ3) is 3.44. The van der Waals surface area contributed by atoms with Gasteiger partial charge in [-0.15, -0.1) is 0 Å². The fraction of sp³-hybridized carbons (Fsp3) is 0.478. The van der Waals surface area contributed by atoms with Crippen LogP contribution in [0.2, 0.25) is 0 Å². The number of benzene rings is 1. The first-order valence-electron chi connectivity index (χ1n) is 10.1. The molecule has 1 amide bonds. The van der Waals surface area contributed by atoms with Crippen LogP contribution in [0.25, 0.3) is 0 Å². The minimum absolute atomic E-state index is 0.0308. The molecule has 4 nitrogen and oxygen atoms in total. The van der Waals surface area contributed by atoms with Crippen LogP contribution in [0.15, 0.2) is 48.6 Å². The van der Waals surface area contributed by atoms with E-state index < -0.39 is 17.6 Å². The second-order valence-corrected chi connectivity index (χ2v) is 8.94. The molecular weight excluding hydrogens is 395 g/mol. The Kier molecular flexibility index (Phi) is 4.83. The van der Waals surface area contributed by atoms with Gasteiger partial charge in [-0.3, -0.25) is 4.79 Å². The Bertz CT molecular complexity index is 921. The number of rotatable bonds is 2. The molecule has 2 saturated carbocycles. The monoisotopic (exact) mass is 419 g/mol. The number of nitrogens with one attached hydrogen (secondary N) is 1. The van der Waals surface area contributed by atoms with E-state index in [1.54, 1.807) is 0 Å². The van der Waals surface area contributed by atoms with Gasteiger partial charge in [0, 0.05) is 17.1 Å². The molecule has 160 valence electrons. The van der Waals surface area contributed by atoms with Crippen LogP contribution in [0.5, 0.6) is 0 Å². The maximum absolute atomic E-state index is 12.7. The van der Waals surface area contributed by atoms with Crippen LogP contribution in [0.1, 0.15) is 48.5 Å². The van der Waals surface area contributed by atoms with Crippen molar-refractivity contribution in [1.29, 1.82) is 0 Å². The summed E-state index contributed by atoms with van der Waals surface area (Å²) in [5.74, 6) is -0.672. The maximum atomic E-state index is 12.7. The van der Waals surface area contributed by atoms with Crippen molar-refractivity contribution in [3.05, 3.63) is 59.7 Å². The first-order chi connectivity index (χ1) is 14.0. The van der Waals surface area contributed by atoms with Gasteiger partial charge in [0.25, 0.3) is 5.91 Å². The van der Waals surface area contributed by atoms with Crippen molar-refractivity contribution in [3.63, 3.8) is 0 Å². The lowest BCUT2D eigenvalue weighted by Gasteiger charge is -2.51. The third-order valence-electron chi connectivity index (χ3n) is 7.09. The fourth-order valence-corrected chi connectivity index (χ4v) is 5.28. The van der Waals surface area contributed by atoms with Gasteiger partial charge in [-0.05, 0) is 61.3 Å². The van der Waals surface area contributed by atoms with Crippen LogP contribution in [0.4, 0.5) is 13.2 Å². The summed E-state index contributed by atoms with van der Waals surface area (Å²) in [4.78, 5) is 24.5. The highest BCUT2D eigenvalue weighted by molar-refractivity contribution is 5.94. The molecule has 2 aliphatic carbocycles. The molecule has 7 heteroatoms. The lowest BCUT2D eigenvalue weighted by atomic mass is 9.55. The van der Waals surface area contributed by atoms with Crippen LogP contribution in [0, 0.1) is 17.3 Å². The number of esters is 1. The van der Waals surface area contributed by atoms with Gasteiger partial charge in [-0.1, -0.05) is 25.7 Å². The zero-order chi connectivity index (χ0) is 21.8. The summed E-state index contributed by atoms with van der Waals surface area (Å²) >= 11 is 0. The number of amides is 1. The van der Waals surface area contributed by atoms with E-state index in [0.29, 0.717) is 18.4 Å². The highest BCUT2D eigenvalue weighted by atomic mass is 19.4. The Morgan fingerprint density at radius 3 is 2.53 bits per heavy atom. The average Bonchev–Trinajstić information content (AvgIpc) is 2.95. The number of alkyl halides is 3. The number of halogens is 3. The normalized spacial score (nSPS) is 33.5. The minimum Gasteiger partial charge on any atom is -0.458 e. The van der Waals surface area contributed by atoms with Gasteiger partial charge in [0.2, 0.25) is 0 Å². The third-order valence-corrected chi connectivity index (χ3v) is 7.09. The standard InChI is InChI=1S/C23H24F3NO3/c1-12-16-10-17-13(2)18(8-9-22(17,3)11-19(16)30-21(12)29)27-20(28)14-4-6-15(7-5-14)23(24,25)26/h4-7,16-19H,1-2,8-11H2,3H3,(H,27,28)/t16-,17+,18-,19-,22-/m1/s1. The molecule has 0 aromatic heterocycles. The number of carbonyl (C=O) groups is 2. The van der Waals surface area contributed by atoms with E-state index in [4.69, 9.17) is 4.74 Å². The van der Waals surface area contributed by atoms with Crippen molar-refractivity contribution >= 4 is 11.9 Å². The highest BCUT2D eigenvalue weighted by Gasteiger charge is 2.54. The molecule has 1 aliphatic heterocycles. The molecular formula is C23H24F3NO3. The molecule has 3 aliphatic rings. The number of ether oxygens (including phenoxy) is 1. The summed E-state index contributed by atoms with van der Waals surface area (Å²) < 4.78 is 43.7. The molecule has 1 saturated heterocycles. The smallest absolute Gasteiger partial charge is 0.416 e. The van der Waals surface area contributed by atoms with Gasteiger partial charge in [0.1, 0.15) is 6.10 Å². The second-order valence-electron chi connectivity index (χ2n) is 8.94. The molecule has 0 radical (unpaired) electrons.